The molecule has 1 aromatic rings. The van der Waals surface area contributed by atoms with Gasteiger partial charge in [0, 0.05) is 30.5 Å². The van der Waals surface area contributed by atoms with Gasteiger partial charge >= 0.3 is 0 Å². The number of amides is 1. The SMILES string of the molecule is CN1CC[C@@]2(c3ccccc3)CCN(C(=O)C3CC3)C[C@@H]12. The van der Waals surface area contributed by atoms with Crippen molar-refractivity contribution in [2.45, 2.75) is 37.1 Å². The fraction of sp³-hybridized carbons (Fsp3) is 0.611. The number of piperidine rings is 1. The quantitative estimate of drug-likeness (QED) is 0.832. The summed E-state index contributed by atoms with van der Waals surface area (Å²) in [6.45, 7) is 3.00. The molecule has 0 radical (unpaired) electrons. The molecule has 4 rings (SSSR count). The van der Waals surface area contributed by atoms with Crippen LogP contribution in [0.5, 0.6) is 0 Å². The maximum atomic E-state index is 12.4. The Morgan fingerprint density at radius 1 is 1.14 bits per heavy atom. The van der Waals surface area contributed by atoms with E-state index in [1.807, 2.05) is 0 Å². The number of rotatable bonds is 2. The van der Waals surface area contributed by atoms with Gasteiger partial charge in [0.05, 0.1) is 0 Å². The predicted octanol–water partition coefficient (Wildman–Crippen LogP) is 2.27. The highest BCUT2D eigenvalue weighted by Crippen LogP contribution is 2.46. The zero-order valence-electron chi connectivity index (χ0n) is 12.8. The molecule has 1 saturated carbocycles. The maximum absolute atomic E-state index is 12.4. The summed E-state index contributed by atoms with van der Waals surface area (Å²) in [5.41, 5.74) is 1.73. The standard InChI is InChI=1S/C18H24N2O/c1-19-11-9-18(15-5-3-2-4-6-15)10-12-20(13-16(18)19)17(21)14-7-8-14/h2-6,14,16H,7-13H2,1H3/t16-,18+/m1/s1. The van der Waals surface area contributed by atoms with Crippen molar-refractivity contribution in [2.24, 2.45) is 5.92 Å². The zero-order chi connectivity index (χ0) is 14.4. The number of likely N-dealkylation sites (N-methyl/N-ethyl adjacent to an activating group) is 1. The van der Waals surface area contributed by atoms with Crippen molar-refractivity contribution in [3.05, 3.63) is 35.9 Å². The van der Waals surface area contributed by atoms with Crippen LogP contribution in [0.1, 0.15) is 31.2 Å². The Balaban J connectivity index is 1.62. The molecule has 1 aliphatic carbocycles. The van der Waals surface area contributed by atoms with Crippen LogP contribution in [0.25, 0.3) is 0 Å². The first-order valence-corrected chi connectivity index (χ1v) is 8.25. The van der Waals surface area contributed by atoms with Crippen LogP contribution in [0, 0.1) is 5.92 Å². The first-order chi connectivity index (χ1) is 10.2. The van der Waals surface area contributed by atoms with Gasteiger partial charge in [-0.25, -0.2) is 0 Å². The largest absolute Gasteiger partial charge is 0.341 e. The van der Waals surface area contributed by atoms with Crippen LogP contribution in [0.3, 0.4) is 0 Å². The Kier molecular flexibility index (Phi) is 3.07. The van der Waals surface area contributed by atoms with Gasteiger partial charge in [0.1, 0.15) is 0 Å². The lowest BCUT2D eigenvalue weighted by molar-refractivity contribution is -0.135. The van der Waals surface area contributed by atoms with Gasteiger partial charge < -0.3 is 9.80 Å². The van der Waals surface area contributed by atoms with Crippen LogP contribution < -0.4 is 0 Å². The van der Waals surface area contributed by atoms with Gasteiger partial charge in [-0.2, -0.15) is 0 Å². The summed E-state index contributed by atoms with van der Waals surface area (Å²) in [7, 11) is 2.22. The van der Waals surface area contributed by atoms with Crippen molar-refractivity contribution in [1.29, 1.82) is 0 Å². The number of fused-ring (bicyclic) bond motifs is 1. The summed E-state index contributed by atoms with van der Waals surface area (Å²) in [4.78, 5) is 17.0. The van der Waals surface area contributed by atoms with Crippen LogP contribution in [0.4, 0.5) is 0 Å². The van der Waals surface area contributed by atoms with Crippen molar-refractivity contribution in [3.63, 3.8) is 0 Å². The highest BCUT2D eigenvalue weighted by Gasteiger charge is 2.51. The lowest BCUT2D eigenvalue weighted by Gasteiger charge is -2.46. The summed E-state index contributed by atoms with van der Waals surface area (Å²) in [5, 5.41) is 0. The second-order valence-electron chi connectivity index (χ2n) is 7.08. The predicted molar refractivity (Wildman–Crippen MR) is 83.1 cm³/mol. The van der Waals surface area contributed by atoms with E-state index in [1.54, 1.807) is 0 Å². The molecule has 3 fully saturated rings. The topological polar surface area (TPSA) is 23.6 Å². The normalized spacial score (nSPS) is 33.0. The molecule has 1 aromatic carbocycles. The van der Waals surface area contributed by atoms with Gasteiger partial charge in [-0.3, -0.25) is 4.79 Å². The maximum Gasteiger partial charge on any atom is 0.225 e. The number of likely N-dealkylation sites (tertiary alicyclic amines) is 2. The highest BCUT2D eigenvalue weighted by atomic mass is 16.2. The Hall–Kier alpha value is -1.35. The molecule has 3 heteroatoms. The number of hydrogen-bond acceptors (Lipinski definition) is 2. The molecule has 2 atom stereocenters. The molecule has 2 aliphatic heterocycles. The molecule has 2 heterocycles. The highest BCUT2D eigenvalue weighted by molar-refractivity contribution is 5.81. The molecule has 1 amide bonds. The fourth-order valence-corrected chi connectivity index (χ4v) is 4.40. The molecule has 21 heavy (non-hydrogen) atoms. The average molecular weight is 284 g/mol. The van der Waals surface area contributed by atoms with Crippen LogP contribution >= 0.6 is 0 Å². The summed E-state index contributed by atoms with van der Waals surface area (Å²) < 4.78 is 0. The second kappa shape index (κ2) is 4.84. The van der Waals surface area contributed by atoms with Gasteiger partial charge in [-0.15, -0.1) is 0 Å². The third kappa shape index (κ3) is 2.10. The first-order valence-electron chi connectivity index (χ1n) is 8.25. The van der Waals surface area contributed by atoms with E-state index < -0.39 is 0 Å². The molecule has 3 nitrogen and oxygen atoms in total. The molecule has 0 bridgehead atoms. The smallest absolute Gasteiger partial charge is 0.225 e. The molecule has 0 N–H and O–H groups in total. The summed E-state index contributed by atoms with van der Waals surface area (Å²) in [6.07, 6.45) is 4.56. The van der Waals surface area contributed by atoms with Gasteiger partial charge in [0.25, 0.3) is 0 Å². The Morgan fingerprint density at radius 2 is 1.86 bits per heavy atom. The van der Waals surface area contributed by atoms with Crippen molar-refractivity contribution >= 4 is 5.91 Å². The lowest BCUT2D eigenvalue weighted by Crippen LogP contribution is -2.56. The monoisotopic (exact) mass is 284 g/mol. The Labute approximate surface area is 126 Å². The first kappa shape index (κ1) is 13.3. The third-order valence-electron chi connectivity index (χ3n) is 5.89. The second-order valence-corrected chi connectivity index (χ2v) is 7.08. The molecule has 0 aromatic heterocycles. The molecule has 3 aliphatic rings. The van der Waals surface area contributed by atoms with E-state index in [0.717, 1.165) is 38.9 Å². The molecule has 0 spiro atoms. The van der Waals surface area contributed by atoms with Gasteiger partial charge in [-0.1, -0.05) is 30.3 Å². The minimum Gasteiger partial charge on any atom is -0.341 e. The summed E-state index contributed by atoms with van der Waals surface area (Å²) in [6, 6.07) is 11.5. The van der Waals surface area contributed by atoms with Gasteiger partial charge in [0.15, 0.2) is 0 Å². The van der Waals surface area contributed by atoms with Gasteiger partial charge in [-0.05, 0) is 44.8 Å². The van der Waals surface area contributed by atoms with E-state index in [-0.39, 0.29) is 5.41 Å². The minimum atomic E-state index is 0.260. The molecular formula is C18H24N2O. The van der Waals surface area contributed by atoms with E-state index in [4.69, 9.17) is 0 Å². The number of carbonyl (C=O) groups excluding carboxylic acids is 1. The molecule has 0 unspecified atom stereocenters. The van der Waals surface area contributed by atoms with Crippen LogP contribution in [-0.4, -0.2) is 48.4 Å². The van der Waals surface area contributed by atoms with Crippen LogP contribution in [-0.2, 0) is 10.2 Å². The van der Waals surface area contributed by atoms with E-state index in [1.165, 1.54) is 12.0 Å². The van der Waals surface area contributed by atoms with Crippen molar-refractivity contribution in [1.82, 2.24) is 9.80 Å². The van der Waals surface area contributed by atoms with Crippen molar-refractivity contribution in [2.75, 3.05) is 26.7 Å². The van der Waals surface area contributed by atoms with Crippen molar-refractivity contribution in [3.8, 4) is 0 Å². The third-order valence-corrected chi connectivity index (χ3v) is 5.89. The zero-order valence-corrected chi connectivity index (χ0v) is 12.8. The van der Waals surface area contributed by atoms with Crippen molar-refractivity contribution < 1.29 is 4.79 Å². The molecule has 112 valence electrons. The number of carbonyl (C=O) groups is 1. The average Bonchev–Trinajstić information content (AvgIpc) is 3.33. The fourth-order valence-electron chi connectivity index (χ4n) is 4.40. The van der Waals surface area contributed by atoms with Crippen LogP contribution in [0.15, 0.2) is 30.3 Å². The Bertz CT molecular complexity index is 539. The van der Waals surface area contributed by atoms with Gasteiger partial charge in [0.2, 0.25) is 5.91 Å². The van der Waals surface area contributed by atoms with E-state index in [0.29, 0.717) is 17.9 Å². The summed E-state index contributed by atoms with van der Waals surface area (Å²) >= 11 is 0. The molecular weight excluding hydrogens is 260 g/mol. The van der Waals surface area contributed by atoms with E-state index in [2.05, 4.69) is 47.2 Å². The number of hydrogen-bond donors (Lipinski definition) is 0. The number of benzene rings is 1. The summed E-state index contributed by atoms with van der Waals surface area (Å²) in [5.74, 6) is 0.762. The lowest BCUT2D eigenvalue weighted by atomic mass is 9.69. The van der Waals surface area contributed by atoms with E-state index in [9.17, 15) is 4.79 Å². The Morgan fingerprint density at radius 3 is 2.57 bits per heavy atom. The minimum absolute atomic E-state index is 0.260. The molecule has 2 saturated heterocycles. The van der Waals surface area contributed by atoms with Crippen LogP contribution in [0.2, 0.25) is 0 Å². The number of nitrogens with zero attached hydrogens (tertiary/aromatic N) is 2. The van der Waals surface area contributed by atoms with E-state index >= 15 is 0 Å².